The average Bonchev–Trinajstić information content (AvgIpc) is 2.58. The van der Waals surface area contributed by atoms with Crippen molar-refractivity contribution in [2.75, 3.05) is 0 Å². The monoisotopic (exact) mass is 256 g/mol. The lowest BCUT2D eigenvalue weighted by Crippen LogP contribution is -1.98. The average molecular weight is 257 g/mol. The highest BCUT2D eigenvalue weighted by molar-refractivity contribution is 9.10. The summed E-state index contributed by atoms with van der Waals surface area (Å²) in [5, 5.41) is 14.5. The fourth-order valence-electron chi connectivity index (χ4n) is 1.18. The molecule has 0 spiro atoms. The SMILES string of the molecule is Cc1c([N+](=O)[O-])cn2ncnc2c1Br. The van der Waals surface area contributed by atoms with Crippen LogP contribution in [0.25, 0.3) is 5.65 Å². The van der Waals surface area contributed by atoms with Gasteiger partial charge in [0.25, 0.3) is 5.69 Å². The van der Waals surface area contributed by atoms with Crippen LogP contribution in [0.5, 0.6) is 0 Å². The van der Waals surface area contributed by atoms with Gasteiger partial charge >= 0.3 is 0 Å². The number of aromatic nitrogens is 3. The highest BCUT2D eigenvalue weighted by Gasteiger charge is 2.17. The molecular weight excluding hydrogens is 252 g/mol. The van der Waals surface area contributed by atoms with E-state index >= 15 is 0 Å². The van der Waals surface area contributed by atoms with Crippen molar-refractivity contribution in [2.45, 2.75) is 6.92 Å². The number of halogens is 1. The molecule has 0 saturated carbocycles. The van der Waals surface area contributed by atoms with Crippen molar-refractivity contribution in [3.05, 3.63) is 32.7 Å². The van der Waals surface area contributed by atoms with Gasteiger partial charge in [-0.25, -0.2) is 9.50 Å². The minimum absolute atomic E-state index is 0.0230. The first-order valence-electron chi connectivity index (χ1n) is 3.74. The Kier molecular flexibility index (Phi) is 1.95. The lowest BCUT2D eigenvalue weighted by atomic mass is 10.2. The van der Waals surface area contributed by atoms with E-state index in [4.69, 9.17) is 0 Å². The zero-order chi connectivity index (χ0) is 10.3. The van der Waals surface area contributed by atoms with E-state index in [1.54, 1.807) is 6.92 Å². The number of nitro groups is 1. The Hall–Kier alpha value is -1.50. The van der Waals surface area contributed by atoms with Crippen molar-refractivity contribution in [3.63, 3.8) is 0 Å². The van der Waals surface area contributed by atoms with Gasteiger partial charge in [-0.3, -0.25) is 10.1 Å². The largest absolute Gasteiger partial charge is 0.291 e. The molecule has 2 rings (SSSR count). The van der Waals surface area contributed by atoms with Gasteiger partial charge in [0.1, 0.15) is 12.5 Å². The quantitative estimate of drug-likeness (QED) is 0.575. The van der Waals surface area contributed by atoms with E-state index in [9.17, 15) is 10.1 Å². The van der Waals surface area contributed by atoms with Gasteiger partial charge in [0.05, 0.1) is 9.40 Å². The van der Waals surface area contributed by atoms with Gasteiger partial charge in [-0.05, 0) is 22.9 Å². The van der Waals surface area contributed by atoms with Crippen LogP contribution in [-0.4, -0.2) is 19.5 Å². The van der Waals surface area contributed by atoms with Crippen molar-refractivity contribution >= 4 is 27.3 Å². The molecule has 2 aromatic heterocycles. The van der Waals surface area contributed by atoms with E-state index in [0.717, 1.165) is 0 Å². The molecule has 7 heteroatoms. The van der Waals surface area contributed by atoms with Gasteiger partial charge in [-0.1, -0.05) is 0 Å². The van der Waals surface area contributed by atoms with Crippen molar-refractivity contribution in [1.29, 1.82) is 0 Å². The second-order valence-corrected chi connectivity index (χ2v) is 3.53. The molecule has 0 N–H and O–H groups in total. The van der Waals surface area contributed by atoms with Crippen molar-refractivity contribution < 1.29 is 4.92 Å². The Bertz CT molecular complexity index is 522. The fraction of sp³-hybridized carbons (Fsp3) is 0.143. The van der Waals surface area contributed by atoms with Gasteiger partial charge in [0, 0.05) is 5.56 Å². The standard InChI is InChI=1S/C7H5BrN4O2/c1-4-5(12(13)14)2-11-7(6(4)8)9-3-10-11/h2-3H,1H3. The summed E-state index contributed by atoms with van der Waals surface area (Å²) in [6.45, 7) is 1.66. The second-order valence-electron chi connectivity index (χ2n) is 2.74. The van der Waals surface area contributed by atoms with E-state index in [0.29, 0.717) is 15.7 Å². The lowest BCUT2D eigenvalue weighted by Gasteiger charge is -2.00. The summed E-state index contributed by atoms with van der Waals surface area (Å²) >= 11 is 3.25. The number of fused-ring (bicyclic) bond motifs is 1. The third-order valence-corrected chi connectivity index (χ3v) is 2.87. The molecule has 0 aliphatic rings. The Balaban J connectivity index is 2.87. The van der Waals surface area contributed by atoms with E-state index in [-0.39, 0.29) is 5.69 Å². The molecule has 0 amide bonds. The van der Waals surface area contributed by atoms with Crippen LogP contribution in [-0.2, 0) is 0 Å². The van der Waals surface area contributed by atoms with Crippen LogP contribution >= 0.6 is 15.9 Å². The van der Waals surface area contributed by atoms with E-state index in [1.165, 1.54) is 17.0 Å². The third-order valence-electron chi connectivity index (χ3n) is 1.92. The summed E-state index contributed by atoms with van der Waals surface area (Å²) in [4.78, 5) is 14.2. The molecule has 0 bridgehead atoms. The minimum Gasteiger partial charge on any atom is -0.258 e. The first kappa shape index (κ1) is 9.07. The summed E-state index contributed by atoms with van der Waals surface area (Å²) < 4.78 is 1.97. The molecule has 2 heterocycles. The molecule has 14 heavy (non-hydrogen) atoms. The minimum atomic E-state index is -0.443. The Morgan fingerprint density at radius 2 is 2.36 bits per heavy atom. The Labute approximate surface area is 86.8 Å². The van der Waals surface area contributed by atoms with Crippen LogP contribution in [0.2, 0.25) is 0 Å². The first-order chi connectivity index (χ1) is 6.61. The Morgan fingerprint density at radius 1 is 1.64 bits per heavy atom. The molecule has 0 aliphatic carbocycles. The van der Waals surface area contributed by atoms with Crippen molar-refractivity contribution in [3.8, 4) is 0 Å². The predicted molar refractivity (Wildman–Crippen MR) is 52.1 cm³/mol. The lowest BCUT2D eigenvalue weighted by molar-refractivity contribution is -0.385. The van der Waals surface area contributed by atoms with Gasteiger partial charge in [-0.2, -0.15) is 5.10 Å². The maximum Gasteiger partial charge on any atom is 0.291 e. The maximum absolute atomic E-state index is 10.7. The smallest absolute Gasteiger partial charge is 0.258 e. The van der Waals surface area contributed by atoms with E-state index in [1.807, 2.05) is 0 Å². The van der Waals surface area contributed by atoms with Crippen LogP contribution in [0, 0.1) is 17.0 Å². The normalized spacial score (nSPS) is 10.7. The maximum atomic E-state index is 10.7. The molecule has 0 aliphatic heterocycles. The van der Waals surface area contributed by atoms with Gasteiger partial charge < -0.3 is 0 Å². The molecule has 0 fully saturated rings. The molecule has 2 aromatic rings. The zero-order valence-corrected chi connectivity index (χ0v) is 8.72. The molecule has 0 unspecified atom stereocenters. The van der Waals surface area contributed by atoms with Gasteiger partial charge in [-0.15, -0.1) is 0 Å². The van der Waals surface area contributed by atoms with Crippen LogP contribution in [0.4, 0.5) is 5.69 Å². The molecule has 72 valence electrons. The number of hydrogen-bond donors (Lipinski definition) is 0. The molecule has 0 radical (unpaired) electrons. The molecule has 0 saturated heterocycles. The fourth-order valence-corrected chi connectivity index (χ4v) is 1.67. The van der Waals surface area contributed by atoms with Crippen LogP contribution in [0.3, 0.4) is 0 Å². The molecule has 6 nitrogen and oxygen atoms in total. The summed E-state index contributed by atoms with van der Waals surface area (Å²) in [7, 11) is 0. The highest BCUT2D eigenvalue weighted by Crippen LogP contribution is 2.28. The van der Waals surface area contributed by atoms with E-state index in [2.05, 4.69) is 26.0 Å². The predicted octanol–water partition coefficient (Wildman–Crippen LogP) is 1.71. The third kappa shape index (κ3) is 1.17. The van der Waals surface area contributed by atoms with Crippen molar-refractivity contribution in [1.82, 2.24) is 14.6 Å². The first-order valence-corrected chi connectivity index (χ1v) is 4.53. The summed E-state index contributed by atoms with van der Waals surface area (Å²) in [5.41, 5.74) is 1.15. The molecule has 0 aromatic carbocycles. The zero-order valence-electron chi connectivity index (χ0n) is 7.14. The molecule has 0 atom stereocenters. The van der Waals surface area contributed by atoms with Crippen LogP contribution in [0.15, 0.2) is 17.0 Å². The summed E-state index contributed by atoms with van der Waals surface area (Å²) in [6, 6.07) is 0. The topological polar surface area (TPSA) is 73.3 Å². The Morgan fingerprint density at radius 3 is 3.00 bits per heavy atom. The number of rotatable bonds is 1. The summed E-state index contributed by atoms with van der Waals surface area (Å²) in [5.74, 6) is 0. The molecular formula is C7H5BrN4O2. The van der Waals surface area contributed by atoms with E-state index < -0.39 is 4.92 Å². The number of pyridine rings is 1. The van der Waals surface area contributed by atoms with Crippen LogP contribution < -0.4 is 0 Å². The van der Waals surface area contributed by atoms with Gasteiger partial charge in [0.2, 0.25) is 0 Å². The van der Waals surface area contributed by atoms with Gasteiger partial charge in [0.15, 0.2) is 5.65 Å². The summed E-state index contributed by atoms with van der Waals surface area (Å²) in [6.07, 6.45) is 2.70. The highest BCUT2D eigenvalue weighted by atomic mass is 79.9. The second kappa shape index (κ2) is 3.02. The number of hydrogen-bond acceptors (Lipinski definition) is 4. The van der Waals surface area contributed by atoms with Crippen LogP contribution in [0.1, 0.15) is 5.56 Å². The van der Waals surface area contributed by atoms with Crippen molar-refractivity contribution in [2.24, 2.45) is 0 Å². The number of nitrogens with zero attached hydrogens (tertiary/aromatic N) is 4.